The Morgan fingerprint density at radius 3 is 2.47 bits per heavy atom. The van der Waals surface area contributed by atoms with Gasteiger partial charge in [0, 0.05) is 10.6 Å². The van der Waals surface area contributed by atoms with Gasteiger partial charge in [-0.15, -0.1) is 0 Å². The molecule has 5 heteroatoms. The van der Waals surface area contributed by atoms with Gasteiger partial charge >= 0.3 is 5.97 Å². The third-order valence-electron chi connectivity index (χ3n) is 2.12. The van der Waals surface area contributed by atoms with Crippen LogP contribution < -0.4 is 0 Å². The van der Waals surface area contributed by atoms with Gasteiger partial charge in [-0.3, -0.25) is 4.79 Å². The van der Waals surface area contributed by atoms with E-state index >= 15 is 0 Å². The van der Waals surface area contributed by atoms with E-state index in [1.54, 1.807) is 0 Å². The number of alkyl halides is 2. The van der Waals surface area contributed by atoms with Gasteiger partial charge in [0.1, 0.15) is 0 Å². The molecule has 0 saturated carbocycles. The number of hydrogen-bond donors (Lipinski definition) is 1. The van der Waals surface area contributed by atoms with Gasteiger partial charge in [0.2, 0.25) is 0 Å². The molecular weight excluding hydrogens is 226 g/mol. The van der Waals surface area contributed by atoms with Crippen LogP contribution in [0.1, 0.15) is 30.4 Å². The highest BCUT2D eigenvalue weighted by Crippen LogP contribution is 2.30. The Labute approximate surface area is 90.5 Å². The summed E-state index contributed by atoms with van der Waals surface area (Å²) in [6.07, 6.45) is -2.70. The molecule has 0 aliphatic heterocycles. The zero-order chi connectivity index (χ0) is 11.6. The molecule has 0 heterocycles. The fourth-order valence-corrected chi connectivity index (χ4v) is 1.43. The van der Waals surface area contributed by atoms with E-state index in [1.807, 2.05) is 0 Å². The summed E-state index contributed by atoms with van der Waals surface area (Å²) in [7, 11) is 0. The maximum atomic E-state index is 12.5. The van der Waals surface area contributed by atoms with Crippen molar-refractivity contribution < 1.29 is 18.7 Å². The molecule has 0 radical (unpaired) electrons. The summed E-state index contributed by atoms with van der Waals surface area (Å²) < 4.78 is 25.1. The Bertz CT molecular complexity index is 380. The lowest BCUT2D eigenvalue weighted by Gasteiger charge is -2.12. The van der Waals surface area contributed by atoms with Crippen molar-refractivity contribution in [1.82, 2.24) is 0 Å². The van der Waals surface area contributed by atoms with Gasteiger partial charge in [-0.05, 0) is 24.6 Å². The van der Waals surface area contributed by atoms with E-state index in [-0.39, 0.29) is 16.1 Å². The molecule has 1 unspecified atom stereocenters. The van der Waals surface area contributed by atoms with E-state index < -0.39 is 18.3 Å². The predicted octanol–water partition coefficient (Wildman–Crippen LogP) is 3.47. The lowest BCUT2D eigenvalue weighted by atomic mass is 9.96. The van der Waals surface area contributed by atoms with Crippen molar-refractivity contribution in [3.8, 4) is 0 Å². The van der Waals surface area contributed by atoms with E-state index in [4.69, 9.17) is 16.7 Å². The van der Waals surface area contributed by atoms with Crippen molar-refractivity contribution in [1.29, 1.82) is 0 Å². The summed E-state index contributed by atoms with van der Waals surface area (Å²) in [6.45, 7) is 1.35. The van der Waals surface area contributed by atoms with Crippen LogP contribution in [-0.2, 0) is 4.79 Å². The Balaban J connectivity index is 3.24. The second-order valence-corrected chi connectivity index (χ2v) is 3.57. The van der Waals surface area contributed by atoms with E-state index in [0.717, 1.165) is 6.07 Å². The fraction of sp³-hybridized carbons (Fsp3) is 0.300. The molecule has 0 spiro atoms. The fourth-order valence-electron chi connectivity index (χ4n) is 1.25. The number of benzene rings is 1. The molecule has 1 N–H and O–H groups in total. The number of aliphatic carboxylic acids is 1. The monoisotopic (exact) mass is 234 g/mol. The average molecular weight is 235 g/mol. The highest BCUT2D eigenvalue weighted by Gasteiger charge is 2.22. The minimum atomic E-state index is -2.70. The molecule has 1 rings (SSSR count). The van der Waals surface area contributed by atoms with Gasteiger partial charge in [-0.1, -0.05) is 17.7 Å². The topological polar surface area (TPSA) is 37.3 Å². The summed E-state index contributed by atoms with van der Waals surface area (Å²) in [5, 5.41) is 9.00. The van der Waals surface area contributed by atoms with E-state index in [9.17, 15) is 13.6 Å². The smallest absolute Gasteiger partial charge is 0.310 e. The number of rotatable bonds is 3. The highest BCUT2D eigenvalue weighted by atomic mass is 35.5. The van der Waals surface area contributed by atoms with Crippen LogP contribution in [0.25, 0.3) is 0 Å². The first-order valence-corrected chi connectivity index (χ1v) is 4.61. The van der Waals surface area contributed by atoms with Crippen molar-refractivity contribution >= 4 is 17.6 Å². The van der Waals surface area contributed by atoms with Crippen LogP contribution in [0.3, 0.4) is 0 Å². The SMILES string of the molecule is CC(C(=O)O)c1cc(Cl)ccc1C(F)F. The molecule has 1 atom stereocenters. The molecule has 0 fully saturated rings. The van der Waals surface area contributed by atoms with E-state index in [2.05, 4.69) is 0 Å². The molecule has 82 valence electrons. The molecule has 0 aromatic heterocycles. The molecule has 0 saturated heterocycles. The lowest BCUT2D eigenvalue weighted by Crippen LogP contribution is -2.10. The van der Waals surface area contributed by atoms with Gasteiger partial charge in [0.25, 0.3) is 6.43 Å². The Morgan fingerprint density at radius 2 is 2.00 bits per heavy atom. The second kappa shape index (κ2) is 4.57. The van der Waals surface area contributed by atoms with Crippen LogP contribution in [0.5, 0.6) is 0 Å². The maximum Gasteiger partial charge on any atom is 0.310 e. The predicted molar refractivity (Wildman–Crippen MR) is 52.5 cm³/mol. The third-order valence-corrected chi connectivity index (χ3v) is 2.36. The van der Waals surface area contributed by atoms with Gasteiger partial charge in [0.05, 0.1) is 5.92 Å². The lowest BCUT2D eigenvalue weighted by molar-refractivity contribution is -0.138. The Morgan fingerprint density at radius 1 is 1.40 bits per heavy atom. The zero-order valence-corrected chi connectivity index (χ0v) is 8.63. The van der Waals surface area contributed by atoms with Crippen LogP contribution in [0.4, 0.5) is 8.78 Å². The number of hydrogen-bond acceptors (Lipinski definition) is 1. The zero-order valence-electron chi connectivity index (χ0n) is 7.88. The van der Waals surface area contributed by atoms with Gasteiger partial charge in [-0.2, -0.15) is 0 Å². The Hall–Kier alpha value is -1.16. The molecule has 1 aromatic carbocycles. The summed E-state index contributed by atoms with van der Waals surface area (Å²) in [5.41, 5.74) is -0.223. The summed E-state index contributed by atoms with van der Waals surface area (Å²) in [5.74, 6) is -2.15. The number of carbonyl (C=O) groups is 1. The van der Waals surface area contributed by atoms with Crippen molar-refractivity contribution in [3.05, 3.63) is 34.3 Å². The van der Waals surface area contributed by atoms with Crippen LogP contribution in [0.15, 0.2) is 18.2 Å². The quantitative estimate of drug-likeness (QED) is 0.870. The third kappa shape index (κ3) is 2.65. The van der Waals surface area contributed by atoms with Gasteiger partial charge in [-0.25, -0.2) is 8.78 Å². The normalized spacial score (nSPS) is 12.9. The second-order valence-electron chi connectivity index (χ2n) is 3.13. The van der Waals surface area contributed by atoms with Gasteiger partial charge < -0.3 is 5.11 Å². The van der Waals surface area contributed by atoms with Gasteiger partial charge in [0.15, 0.2) is 0 Å². The standard InChI is InChI=1S/C10H9ClF2O2/c1-5(10(14)15)8-4-6(11)2-3-7(8)9(12)13/h2-5,9H,1H3,(H,14,15). The van der Waals surface area contributed by atoms with Crippen molar-refractivity contribution in [2.45, 2.75) is 19.3 Å². The van der Waals surface area contributed by atoms with Crippen LogP contribution in [0, 0.1) is 0 Å². The molecule has 15 heavy (non-hydrogen) atoms. The number of carboxylic acid groups (broad SMARTS) is 1. The Kier molecular flexibility index (Phi) is 3.63. The van der Waals surface area contributed by atoms with Crippen LogP contribution in [0.2, 0.25) is 5.02 Å². The molecule has 0 aliphatic carbocycles. The van der Waals surface area contributed by atoms with Crippen LogP contribution >= 0.6 is 11.6 Å². The molecule has 0 aliphatic rings. The highest BCUT2D eigenvalue weighted by molar-refractivity contribution is 6.30. The van der Waals surface area contributed by atoms with E-state index in [0.29, 0.717) is 0 Å². The molecule has 0 amide bonds. The van der Waals surface area contributed by atoms with Crippen molar-refractivity contribution in [2.24, 2.45) is 0 Å². The first-order chi connectivity index (χ1) is 6.93. The number of halogens is 3. The molecular formula is C10H9ClF2O2. The molecule has 1 aromatic rings. The van der Waals surface area contributed by atoms with E-state index in [1.165, 1.54) is 19.1 Å². The minimum absolute atomic E-state index is 0.0602. The average Bonchev–Trinajstić information content (AvgIpc) is 2.15. The van der Waals surface area contributed by atoms with Crippen LogP contribution in [-0.4, -0.2) is 11.1 Å². The molecule has 0 bridgehead atoms. The maximum absolute atomic E-state index is 12.5. The van der Waals surface area contributed by atoms with Crippen molar-refractivity contribution in [2.75, 3.05) is 0 Å². The van der Waals surface area contributed by atoms with Crippen molar-refractivity contribution in [3.63, 3.8) is 0 Å². The summed E-state index contributed by atoms with van der Waals surface area (Å²) >= 11 is 5.63. The summed E-state index contributed by atoms with van der Waals surface area (Å²) in [6, 6.07) is 3.74. The molecule has 2 nitrogen and oxygen atoms in total. The first kappa shape index (κ1) is 11.9. The largest absolute Gasteiger partial charge is 0.481 e. The summed E-state index contributed by atoms with van der Waals surface area (Å²) in [4.78, 5) is 10.7. The number of carboxylic acids is 1. The first-order valence-electron chi connectivity index (χ1n) is 4.23. The minimum Gasteiger partial charge on any atom is -0.481 e.